The number of hydrogen-bond acceptors (Lipinski definition) is 3. The van der Waals surface area contributed by atoms with E-state index in [9.17, 15) is 18.4 Å². The lowest BCUT2D eigenvalue weighted by Crippen LogP contribution is -2.20. The highest BCUT2D eigenvalue weighted by Crippen LogP contribution is 2.20. The van der Waals surface area contributed by atoms with Crippen molar-refractivity contribution in [3.63, 3.8) is 0 Å². The molecule has 112 valence electrons. The minimum Gasteiger partial charge on any atom is -0.371 e. The van der Waals surface area contributed by atoms with Crippen LogP contribution in [0.5, 0.6) is 0 Å². The molecule has 1 aromatic carbocycles. The van der Waals surface area contributed by atoms with Crippen molar-refractivity contribution >= 4 is 22.5 Å². The predicted molar refractivity (Wildman–Crippen MR) is 77.9 cm³/mol. The van der Waals surface area contributed by atoms with Crippen molar-refractivity contribution in [3.05, 3.63) is 39.6 Å². The normalized spacial score (nSPS) is 10.9. The molecule has 4 nitrogen and oxygen atoms in total. The summed E-state index contributed by atoms with van der Waals surface area (Å²) >= 11 is 0. The predicted octanol–water partition coefficient (Wildman–Crippen LogP) is 3.22. The van der Waals surface area contributed by atoms with Crippen LogP contribution in [-0.4, -0.2) is 17.3 Å². The van der Waals surface area contributed by atoms with Gasteiger partial charge in [0.15, 0.2) is 5.78 Å². The molecule has 0 radical (unpaired) electrons. The van der Waals surface area contributed by atoms with Gasteiger partial charge in [0, 0.05) is 12.6 Å². The van der Waals surface area contributed by atoms with Crippen LogP contribution in [0.1, 0.15) is 37.0 Å². The van der Waals surface area contributed by atoms with E-state index in [0.717, 1.165) is 18.9 Å². The average Bonchev–Trinajstić information content (AvgIpc) is 2.40. The summed E-state index contributed by atoms with van der Waals surface area (Å²) in [5.41, 5.74) is -0.886. The molecule has 0 saturated heterocycles. The number of unbranched alkanes of at least 4 members (excludes halogenated alkanes) is 1. The minimum absolute atomic E-state index is 0.106. The molecule has 0 aliphatic rings. The fourth-order valence-electron chi connectivity index (χ4n) is 2.17. The molecular formula is C15H16F2N2O2. The molecule has 0 unspecified atom stereocenters. The van der Waals surface area contributed by atoms with E-state index in [2.05, 4.69) is 10.3 Å². The maximum Gasteiger partial charge on any atom is 0.202 e. The van der Waals surface area contributed by atoms with Crippen LogP contribution in [0.15, 0.2) is 16.9 Å². The maximum absolute atomic E-state index is 13.8. The average molecular weight is 294 g/mol. The maximum atomic E-state index is 13.8. The molecule has 0 spiro atoms. The van der Waals surface area contributed by atoms with Gasteiger partial charge in [0.1, 0.15) is 23.0 Å². The number of benzene rings is 1. The summed E-state index contributed by atoms with van der Waals surface area (Å²) in [4.78, 5) is 26.7. The number of hydrogen-bond donors (Lipinski definition) is 2. The largest absolute Gasteiger partial charge is 0.371 e. The van der Waals surface area contributed by atoms with E-state index in [1.54, 1.807) is 0 Å². The van der Waals surface area contributed by atoms with Gasteiger partial charge in [0.25, 0.3) is 0 Å². The number of aromatic amines is 1. The molecule has 2 rings (SSSR count). The van der Waals surface area contributed by atoms with Crippen molar-refractivity contribution in [1.82, 2.24) is 4.98 Å². The number of H-pyrrole nitrogens is 1. The summed E-state index contributed by atoms with van der Waals surface area (Å²) in [6, 6.07) is 1.63. The lowest BCUT2D eigenvalue weighted by Gasteiger charge is -2.12. The number of Topliss-reactive ketones (excluding diaryl/α,β-unsaturated/α-hetero) is 1. The highest BCUT2D eigenvalue weighted by molar-refractivity contribution is 6.02. The van der Waals surface area contributed by atoms with Crippen LogP contribution in [0, 0.1) is 11.6 Å². The van der Waals surface area contributed by atoms with Crippen LogP contribution in [0.3, 0.4) is 0 Å². The first-order valence-electron chi connectivity index (χ1n) is 6.75. The monoisotopic (exact) mass is 294 g/mol. The summed E-state index contributed by atoms with van der Waals surface area (Å²) in [6.07, 6.45) is 1.77. The molecule has 2 aromatic rings. The lowest BCUT2D eigenvalue weighted by atomic mass is 10.1. The number of carbonyl (C=O) groups is 1. The number of carbonyl (C=O) groups excluding carboxylic acids is 1. The van der Waals surface area contributed by atoms with E-state index < -0.39 is 22.8 Å². The Morgan fingerprint density at radius 3 is 2.67 bits per heavy atom. The first kappa shape index (κ1) is 15.2. The van der Waals surface area contributed by atoms with Crippen LogP contribution < -0.4 is 10.7 Å². The Bertz CT molecular complexity index is 753. The fraction of sp³-hybridized carbons (Fsp3) is 0.333. The third kappa shape index (κ3) is 2.94. The summed E-state index contributed by atoms with van der Waals surface area (Å²) < 4.78 is 27.1. The second-order valence-electron chi connectivity index (χ2n) is 4.85. The highest BCUT2D eigenvalue weighted by Gasteiger charge is 2.18. The second kappa shape index (κ2) is 6.03. The first-order chi connectivity index (χ1) is 9.95. The van der Waals surface area contributed by atoms with Gasteiger partial charge in [0.2, 0.25) is 5.43 Å². The molecule has 0 amide bonds. The Morgan fingerprint density at radius 1 is 1.33 bits per heavy atom. The summed E-state index contributed by atoms with van der Waals surface area (Å²) in [7, 11) is 0. The van der Waals surface area contributed by atoms with E-state index in [1.165, 1.54) is 6.92 Å². The Balaban J connectivity index is 2.69. The highest BCUT2D eigenvalue weighted by atomic mass is 19.1. The number of aromatic nitrogens is 1. The summed E-state index contributed by atoms with van der Waals surface area (Å²) in [5, 5.41) is 2.77. The van der Waals surface area contributed by atoms with Crippen LogP contribution in [0.2, 0.25) is 0 Å². The van der Waals surface area contributed by atoms with Gasteiger partial charge >= 0.3 is 0 Å². The zero-order chi connectivity index (χ0) is 15.6. The Labute approximate surface area is 120 Å². The molecule has 1 heterocycles. The molecule has 0 bridgehead atoms. The van der Waals surface area contributed by atoms with E-state index in [1.807, 2.05) is 6.92 Å². The van der Waals surface area contributed by atoms with Gasteiger partial charge in [0.05, 0.1) is 10.9 Å². The van der Waals surface area contributed by atoms with Crippen LogP contribution in [0.4, 0.5) is 14.6 Å². The van der Waals surface area contributed by atoms with Crippen molar-refractivity contribution in [2.45, 2.75) is 26.7 Å². The Hall–Kier alpha value is -2.24. The van der Waals surface area contributed by atoms with E-state index in [0.29, 0.717) is 12.6 Å². The quantitative estimate of drug-likeness (QED) is 0.657. The minimum atomic E-state index is -0.865. The van der Waals surface area contributed by atoms with Crippen LogP contribution >= 0.6 is 0 Å². The molecule has 6 heteroatoms. The standard InChI is InChI=1S/C15H16F2N2O2/c1-3-4-5-18-15-12(8(2)20)14(21)10-6-9(16)7-11(17)13(10)19-15/h6-7H,3-5H2,1-2H3,(H2,18,19,21). The zero-order valence-corrected chi connectivity index (χ0v) is 11.8. The third-order valence-corrected chi connectivity index (χ3v) is 3.21. The van der Waals surface area contributed by atoms with Crippen molar-refractivity contribution in [1.29, 1.82) is 0 Å². The fourth-order valence-corrected chi connectivity index (χ4v) is 2.17. The molecule has 2 N–H and O–H groups in total. The van der Waals surface area contributed by atoms with Gasteiger partial charge in [-0.05, 0) is 19.4 Å². The molecule has 0 fully saturated rings. The molecule has 0 aliphatic heterocycles. The molecule has 0 atom stereocenters. The number of ketones is 1. The lowest BCUT2D eigenvalue weighted by molar-refractivity contribution is 0.101. The molecule has 0 saturated carbocycles. The van der Waals surface area contributed by atoms with Gasteiger partial charge in [-0.25, -0.2) is 8.78 Å². The zero-order valence-electron chi connectivity index (χ0n) is 11.8. The van der Waals surface area contributed by atoms with Crippen molar-refractivity contribution in [2.24, 2.45) is 0 Å². The summed E-state index contributed by atoms with van der Waals surface area (Å²) in [6.45, 7) is 3.79. The topological polar surface area (TPSA) is 62.0 Å². The van der Waals surface area contributed by atoms with Gasteiger partial charge < -0.3 is 10.3 Å². The number of anilines is 1. The number of halogens is 2. The van der Waals surface area contributed by atoms with E-state index in [4.69, 9.17) is 0 Å². The summed E-state index contributed by atoms with van der Waals surface area (Å²) in [5.74, 6) is -2.00. The smallest absolute Gasteiger partial charge is 0.202 e. The van der Waals surface area contributed by atoms with Crippen molar-refractivity contribution in [3.8, 4) is 0 Å². The third-order valence-electron chi connectivity index (χ3n) is 3.21. The van der Waals surface area contributed by atoms with Gasteiger partial charge in [-0.3, -0.25) is 9.59 Å². The second-order valence-corrected chi connectivity index (χ2v) is 4.85. The van der Waals surface area contributed by atoms with E-state index >= 15 is 0 Å². The molecular weight excluding hydrogens is 278 g/mol. The molecule has 1 aromatic heterocycles. The Morgan fingerprint density at radius 2 is 2.05 bits per heavy atom. The molecule has 0 aliphatic carbocycles. The number of nitrogens with one attached hydrogen (secondary N) is 2. The van der Waals surface area contributed by atoms with Crippen molar-refractivity contribution in [2.75, 3.05) is 11.9 Å². The van der Waals surface area contributed by atoms with Crippen molar-refractivity contribution < 1.29 is 13.6 Å². The Kier molecular flexibility index (Phi) is 4.35. The number of pyridine rings is 1. The van der Waals surface area contributed by atoms with Crippen LogP contribution in [0.25, 0.3) is 10.9 Å². The number of fused-ring (bicyclic) bond motifs is 1. The van der Waals surface area contributed by atoms with E-state index in [-0.39, 0.29) is 22.3 Å². The van der Waals surface area contributed by atoms with Crippen LogP contribution in [-0.2, 0) is 0 Å². The van der Waals surface area contributed by atoms with Gasteiger partial charge in [-0.15, -0.1) is 0 Å². The SMILES string of the molecule is CCCCNc1[nH]c2c(F)cc(F)cc2c(=O)c1C(C)=O. The van der Waals surface area contributed by atoms with Gasteiger partial charge in [-0.1, -0.05) is 13.3 Å². The first-order valence-corrected chi connectivity index (χ1v) is 6.75. The number of rotatable bonds is 5. The molecule has 21 heavy (non-hydrogen) atoms. The van der Waals surface area contributed by atoms with Gasteiger partial charge in [-0.2, -0.15) is 0 Å².